The van der Waals surface area contributed by atoms with Crippen LogP contribution in [0, 0.1) is 0 Å². The Bertz CT molecular complexity index is 1150. The van der Waals surface area contributed by atoms with Gasteiger partial charge in [-0.1, -0.05) is 48.5 Å². The molecule has 1 aromatic heterocycles. The van der Waals surface area contributed by atoms with Crippen LogP contribution in [0.25, 0.3) is 11.1 Å². The number of benzene rings is 2. The first-order valence-corrected chi connectivity index (χ1v) is 11.3. The Kier molecular flexibility index (Phi) is 7.39. The van der Waals surface area contributed by atoms with Crippen LogP contribution in [0.5, 0.6) is 0 Å². The number of rotatable bonds is 10. The molecule has 4 rings (SSSR count). The number of carboxylic acids is 1. The number of hydrogen-bond acceptors (Lipinski definition) is 6. The second-order valence-electron chi connectivity index (χ2n) is 8.41. The molecule has 10 heteroatoms. The normalized spacial score (nSPS) is 12.9. The minimum atomic E-state index is -1.05. The average Bonchev–Trinajstić information content (AvgIpc) is 3.49. The van der Waals surface area contributed by atoms with E-state index < -0.39 is 24.0 Å². The number of ether oxygens (including phenoxy) is 1. The highest BCUT2D eigenvalue weighted by Gasteiger charge is 2.30. The number of aromatic nitrogens is 3. The summed E-state index contributed by atoms with van der Waals surface area (Å²) in [7, 11) is 1.60. The molecule has 2 aromatic carbocycles. The zero-order chi connectivity index (χ0) is 24.8. The monoisotopic (exact) mass is 477 g/mol. The quantitative estimate of drug-likeness (QED) is 0.459. The molecule has 0 bridgehead atoms. The first kappa shape index (κ1) is 23.9. The second kappa shape index (κ2) is 10.8. The lowest BCUT2D eigenvalue weighted by molar-refractivity contribution is -0.137. The van der Waals surface area contributed by atoms with E-state index in [-0.39, 0.29) is 25.4 Å². The zero-order valence-electron chi connectivity index (χ0n) is 19.3. The van der Waals surface area contributed by atoms with E-state index in [1.54, 1.807) is 11.6 Å². The van der Waals surface area contributed by atoms with Crippen LogP contribution in [0.1, 0.15) is 29.9 Å². The van der Waals surface area contributed by atoms with E-state index in [9.17, 15) is 14.4 Å². The second-order valence-corrected chi connectivity index (χ2v) is 8.41. The van der Waals surface area contributed by atoms with Crippen LogP contribution in [0.4, 0.5) is 4.79 Å². The number of amides is 2. The number of aliphatic carboxylic acids is 1. The first-order chi connectivity index (χ1) is 16.9. The van der Waals surface area contributed by atoms with Gasteiger partial charge in [0.25, 0.3) is 0 Å². The molecule has 35 heavy (non-hydrogen) atoms. The topological polar surface area (TPSA) is 127 Å². The molecule has 0 aliphatic heterocycles. The zero-order valence-corrected chi connectivity index (χ0v) is 19.3. The largest absolute Gasteiger partial charge is 0.481 e. The van der Waals surface area contributed by atoms with E-state index in [0.717, 1.165) is 22.3 Å². The number of carbonyl (C=O) groups is 3. The molecule has 10 nitrogen and oxygen atoms in total. The highest BCUT2D eigenvalue weighted by atomic mass is 16.5. The summed E-state index contributed by atoms with van der Waals surface area (Å²) < 4.78 is 7.25. The van der Waals surface area contributed by atoms with Crippen molar-refractivity contribution in [2.45, 2.75) is 31.3 Å². The van der Waals surface area contributed by atoms with Gasteiger partial charge in [0.1, 0.15) is 25.3 Å². The van der Waals surface area contributed by atoms with Crippen molar-refractivity contribution in [1.29, 1.82) is 0 Å². The number of hydrogen-bond donors (Lipinski definition) is 2. The Morgan fingerprint density at radius 3 is 2.26 bits per heavy atom. The molecule has 2 amide bonds. The molecule has 2 N–H and O–H groups in total. The highest BCUT2D eigenvalue weighted by molar-refractivity contribution is 5.86. The Labute approximate surface area is 202 Å². The van der Waals surface area contributed by atoms with Crippen molar-refractivity contribution in [3.05, 3.63) is 72.3 Å². The SMILES string of the molecule is CN(CCn1cnnc1)C(=O)C(CCC(=O)O)NC(=O)OCC1c2ccccc2-c2ccccc21. The number of nitrogens with zero attached hydrogens (tertiary/aromatic N) is 4. The molecular formula is C25H27N5O5. The third-order valence-corrected chi connectivity index (χ3v) is 6.12. The molecule has 1 aliphatic carbocycles. The molecule has 1 atom stereocenters. The van der Waals surface area contributed by atoms with E-state index in [1.807, 2.05) is 48.5 Å². The number of carbonyl (C=O) groups excluding carboxylic acids is 2. The van der Waals surface area contributed by atoms with Gasteiger partial charge in [-0.3, -0.25) is 9.59 Å². The molecule has 3 aromatic rings. The maximum Gasteiger partial charge on any atom is 0.407 e. The van der Waals surface area contributed by atoms with E-state index in [2.05, 4.69) is 15.5 Å². The van der Waals surface area contributed by atoms with Crippen molar-refractivity contribution >= 4 is 18.0 Å². The van der Waals surface area contributed by atoms with Gasteiger partial charge in [-0.2, -0.15) is 0 Å². The maximum atomic E-state index is 13.0. The Morgan fingerprint density at radius 2 is 1.66 bits per heavy atom. The predicted molar refractivity (Wildman–Crippen MR) is 127 cm³/mol. The molecule has 1 aliphatic rings. The number of nitrogens with one attached hydrogen (secondary N) is 1. The molecule has 182 valence electrons. The van der Waals surface area contributed by atoms with Crippen LogP contribution in [0.3, 0.4) is 0 Å². The summed E-state index contributed by atoms with van der Waals surface area (Å²) in [5, 5.41) is 19.1. The van der Waals surface area contributed by atoms with Gasteiger partial charge in [0.2, 0.25) is 5.91 Å². The molecule has 0 radical (unpaired) electrons. The molecule has 0 fully saturated rings. The smallest absolute Gasteiger partial charge is 0.407 e. The first-order valence-electron chi connectivity index (χ1n) is 11.3. The number of likely N-dealkylation sites (N-methyl/N-ethyl adjacent to an activating group) is 1. The van der Waals surface area contributed by atoms with Gasteiger partial charge in [0, 0.05) is 32.5 Å². The molecular weight excluding hydrogens is 450 g/mol. The van der Waals surface area contributed by atoms with Gasteiger partial charge in [0.15, 0.2) is 0 Å². The third kappa shape index (κ3) is 5.65. The summed E-state index contributed by atoms with van der Waals surface area (Å²) in [6.07, 6.45) is 2.00. The fourth-order valence-electron chi connectivity index (χ4n) is 4.29. The van der Waals surface area contributed by atoms with Gasteiger partial charge in [0.05, 0.1) is 0 Å². The number of alkyl carbamates (subject to hydrolysis) is 1. The summed E-state index contributed by atoms with van der Waals surface area (Å²) in [5.74, 6) is -1.56. The number of fused-ring (bicyclic) bond motifs is 3. The van der Waals surface area contributed by atoms with Crippen LogP contribution < -0.4 is 5.32 Å². The lowest BCUT2D eigenvalue weighted by Crippen LogP contribution is -2.48. The minimum absolute atomic E-state index is 0.0463. The van der Waals surface area contributed by atoms with Crippen molar-refractivity contribution in [2.75, 3.05) is 20.2 Å². The molecule has 0 saturated carbocycles. The molecule has 0 spiro atoms. The van der Waals surface area contributed by atoms with Gasteiger partial charge < -0.3 is 24.6 Å². The van der Waals surface area contributed by atoms with Crippen molar-refractivity contribution in [1.82, 2.24) is 25.0 Å². The third-order valence-electron chi connectivity index (χ3n) is 6.12. The van der Waals surface area contributed by atoms with Gasteiger partial charge in [-0.05, 0) is 28.7 Å². The van der Waals surface area contributed by atoms with E-state index in [1.165, 1.54) is 17.6 Å². The fraction of sp³-hybridized carbons (Fsp3) is 0.320. The van der Waals surface area contributed by atoms with Crippen LogP contribution >= 0.6 is 0 Å². The lowest BCUT2D eigenvalue weighted by Gasteiger charge is -2.24. The molecule has 0 saturated heterocycles. The van der Waals surface area contributed by atoms with Crippen LogP contribution in [-0.4, -0.2) is 69.0 Å². The van der Waals surface area contributed by atoms with Crippen molar-refractivity contribution < 1.29 is 24.2 Å². The average molecular weight is 478 g/mol. The van der Waals surface area contributed by atoms with E-state index in [0.29, 0.717) is 13.1 Å². The van der Waals surface area contributed by atoms with Crippen LogP contribution in [-0.2, 0) is 20.9 Å². The van der Waals surface area contributed by atoms with Crippen molar-refractivity contribution in [2.24, 2.45) is 0 Å². The fourth-order valence-corrected chi connectivity index (χ4v) is 4.29. The van der Waals surface area contributed by atoms with Crippen LogP contribution in [0.15, 0.2) is 61.2 Å². The Hall–Kier alpha value is -4.21. The van der Waals surface area contributed by atoms with Gasteiger partial charge >= 0.3 is 12.1 Å². The summed E-state index contributed by atoms with van der Waals surface area (Å²) in [5.41, 5.74) is 4.38. The molecule has 1 heterocycles. The highest BCUT2D eigenvalue weighted by Crippen LogP contribution is 2.44. The summed E-state index contributed by atoms with van der Waals surface area (Å²) in [6.45, 7) is 0.905. The van der Waals surface area contributed by atoms with Crippen molar-refractivity contribution in [3.63, 3.8) is 0 Å². The Balaban J connectivity index is 1.39. The van der Waals surface area contributed by atoms with Gasteiger partial charge in [-0.15, -0.1) is 10.2 Å². The lowest BCUT2D eigenvalue weighted by atomic mass is 9.98. The van der Waals surface area contributed by atoms with Gasteiger partial charge in [-0.25, -0.2) is 4.79 Å². The van der Waals surface area contributed by atoms with Crippen molar-refractivity contribution in [3.8, 4) is 11.1 Å². The van der Waals surface area contributed by atoms with E-state index >= 15 is 0 Å². The molecule has 1 unspecified atom stereocenters. The predicted octanol–water partition coefficient (Wildman–Crippen LogP) is 2.51. The van der Waals surface area contributed by atoms with Crippen LogP contribution in [0.2, 0.25) is 0 Å². The summed E-state index contributed by atoms with van der Waals surface area (Å²) in [4.78, 5) is 38.2. The Morgan fingerprint density at radius 1 is 1.06 bits per heavy atom. The summed E-state index contributed by atoms with van der Waals surface area (Å²) in [6, 6.07) is 15.0. The maximum absolute atomic E-state index is 13.0. The standard InChI is InChI=1S/C25H27N5O5/c1-29(12-13-30-15-26-27-16-30)24(33)22(10-11-23(31)32)28-25(34)35-14-21-19-8-4-2-6-17(19)18-7-3-5-9-20(18)21/h2-9,15-16,21-22H,10-14H2,1H3,(H,28,34)(H,31,32). The van der Waals surface area contributed by atoms with E-state index in [4.69, 9.17) is 9.84 Å². The summed E-state index contributed by atoms with van der Waals surface area (Å²) >= 11 is 0. The minimum Gasteiger partial charge on any atom is -0.481 e. The number of carboxylic acid groups (broad SMARTS) is 1.